The summed E-state index contributed by atoms with van der Waals surface area (Å²) in [5.41, 5.74) is 1.30. The van der Waals surface area contributed by atoms with Crippen molar-refractivity contribution in [3.63, 3.8) is 0 Å². The second-order valence-corrected chi connectivity index (χ2v) is 6.64. The molecule has 1 saturated heterocycles. The summed E-state index contributed by atoms with van der Waals surface area (Å²) in [5, 5.41) is 12.5. The molecule has 0 bridgehead atoms. The van der Waals surface area contributed by atoms with Crippen LogP contribution in [-0.2, 0) is 11.3 Å². The third kappa shape index (κ3) is 4.04. The van der Waals surface area contributed by atoms with Gasteiger partial charge in [0.1, 0.15) is 0 Å². The smallest absolute Gasteiger partial charge is 0.335 e. The molecule has 20 heavy (non-hydrogen) atoms. The highest BCUT2D eigenvalue weighted by molar-refractivity contribution is 9.10. The Kier molecular flexibility index (Phi) is 4.83. The molecule has 0 amide bonds. The van der Waals surface area contributed by atoms with Gasteiger partial charge in [-0.05, 0) is 44.4 Å². The van der Waals surface area contributed by atoms with Gasteiger partial charge in [-0.25, -0.2) is 4.79 Å². The van der Waals surface area contributed by atoms with E-state index in [1.54, 1.807) is 12.1 Å². The monoisotopic (exact) mass is 341 g/mol. The molecule has 0 radical (unpaired) electrons. The minimum Gasteiger partial charge on any atom is -0.478 e. The Hall–Kier alpha value is -0.910. The molecule has 1 fully saturated rings. The molecule has 2 rings (SSSR count). The predicted molar refractivity (Wildman–Crippen MR) is 81.0 cm³/mol. The van der Waals surface area contributed by atoms with Gasteiger partial charge in [-0.2, -0.15) is 0 Å². The van der Waals surface area contributed by atoms with Gasteiger partial charge in [0.2, 0.25) is 0 Å². The molecule has 0 saturated carbocycles. The first kappa shape index (κ1) is 15.5. The number of benzene rings is 1. The van der Waals surface area contributed by atoms with Crippen LogP contribution in [-0.4, -0.2) is 29.3 Å². The quantitative estimate of drug-likeness (QED) is 0.882. The maximum Gasteiger partial charge on any atom is 0.335 e. The summed E-state index contributed by atoms with van der Waals surface area (Å²) in [6.45, 7) is 5.72. The molecule has 1 atom stereocenters. The third-order valence-electron chi connectivity index (χ3n) is 3.58. The van der Waals surface area contributed by atoms with Gasteiger partial charge < -0.3 is 15.2 Å². The summed E-state index contributed by atoms with van der Waals surface area (Å²) < 4.78 is 6.53. The van der Waals surface area contributed by atoms with Crippen molar-refractivity contribution in [2.24, 2.45) is 0 Å². The molecule has 1 aromatic rings. The maximum atomic E-state index is 10.9. The molecule has 110 valence electrons. The Morgan fingerprint density at radius 1 is 1.55 bits per heavy atom. The summed E-state index contributed by atoms with van der Waals surface area (Å²) in [5.74, 6) is -0.906. The highest BCUT2D eigenvalue weighted by Crippen LogP contribution is 2.25. The molecule has 1 unspecified atom stereocenters. The number of carboxylic acid groups (broad SMARTS) is 1. The normalized spacial score (nSPS) is 21.6. The number of aromatic carboxylic acids is 1. The van der Waals surface area contributed by atoms with Gasteiger partial charge in [0.25, 0.3) is 0 Å². The average molecular weight is 342 g/mol. The van der Waals surface area contributed by atoms with Crippen LogP contribution in [0.2, 0.25) is 0 Å². The van der Waals surface area contributed by atoms with E-state index in [1.807, 2.05) is 6.07 Å². The van der Waals surface area contributed by atoms with E-state index in [-0.39, 0.29) is 5.60 Å². The van der Waals surface area contributed by atoms with Crippen LogP contribution in [0.1, 0.15) is 42.6 Å². The van der Waals surface area contributed by atoms with Crippen molar-refractivity contribution in [1.82, 2.24) is 5.32 Å². The Balaban J connectivity index is 1.95. The number of carbonyl (C=O) groups is 1. The summed E-state index contributed by atoms with van der Waals surface area (Å²) in [7, 11) is 0. The lowest BCUT2D eigenvalue weighted by molar-refractivity contribution is -0.0630. The number of ether oxygens (including phenoxy) is 1. The van der Waals surface area contributed by atoms with Gasteiger partial charge >= 0.3 is 5.97 Å². The van der Waals surface area contributed by atoms with Crippen LogP contribution in [0, 0.1) is 0 Å². The van der Waals surface area contributed by atoms with E-state index >= 15 is 0 Å². The summed E-state index contributed by atoms with van der Waals surface area (Å²) in [4.78, 5) is 10.9. The van der Waals surface area contributed by atoms with Crippen molar-refractivity contribution in [3.8, 4) is 0 Å². The van der Waals surface area contributed by atoms with Crippen molar-refractivity contribution in [3.05, 3.63) is 33.8 Å². The fourth-order valence-corrected chi connectivity index (χ4v) is 3.00. The topological polar surface area (TPSA) is 58.6 Å². The Morgan fingerprint density at radius 2 is 2.30 bits per heavy atom. The lowest BCUT2D eigenvalue weighted by Gasteiger charge is -2.36. The lowest BCUT2D eigenvalue weighted by atomic mass is 9.94. The minimum absolute atomic E-state index is 0.0691. The standard InChI is InChI=1S/C15H20BrNO3/c1-15(2)8-12(5-6-20-15)17-9-11-4-3-10(14(18)19)7-13(11)16/h3-4,7,12,17H,5-6,8-9H2,1-2H3,(H,18,19). The minimum atomic E-state index is -0.906. The Bertz CT molecular complexity index is 502. The lowest BCUT2D eigenvalue weighted by Crippen LogP contribution is -2.43. The molecule has 2 N–H and O–H groups in total. The zero-order valence-corrected chi connectivity index (χ0v) is 13.4. The zero-order valence-electron chi connectivity index (χ0n) is 11.8. The molecule has 1 aromatic carbocycles. The maximum absolute atomic E-state index is 10.9. The highest BCUT2D eigenvalue weighted by Gasteiger charge is 2.28. The van der Waals surface area contributed by atoms with E-state index in [4.69, 9.17) is 9.84 Å². The van der Waals surface area contributed by atoms with Crippen LogP contribution in [0.4, 0.5) is 0 Å². The van der Waals surface area contributed by atoms with Gasteiger partial charge in [0.05, 0.1) is 11.2 Å². The molecule has 5 heteroatoms. The van der Waals surface area contributed by atoms with Crippen LogP contribution in [0.15, 0.2) is 22.7 Å². The van der Waals surface area contributed by atoms with Crippen LogP contribution in [0.3, 0.4) is 0 Å². The molecular weight excluding hydrogens is 322 g/mol. The number of nitrogens with one attached hydrogen (secondary N) is 1. The number of rotatable bonds is 4. The first-order valence-electron chi connectivity index (χ1n) is 6.76. The van der Waals surface area contributed by atoms with E-state index in [2.05, 4.69) is 35.1 Å². The molecule has 4 nitrogen and oxygen atoms in total. The van der Waals surface area contributed by atoms with Gasteiger partial charge in [0, 0.05) is 23.7 Å². The molecule has 0 aliphatic carbocycles. The van der Waals surface area contributed by atoms with Crippen molar-refractivity contribution >= 4 is 21.9 Å². The molecule has 1 aliphatic heterocycles. The first-order chi connectivity index (χ1) is 9.37. The number of carboxylic acids is 1. The van der Waals surface area contributed by atoms with E-state index in [0.29, 0.717) is 11.6 Å². The van der Waals surface area contributed by atoms with Crippen molar-refractivity contribution in [2.75, 3.05) is 6.61 Å². The predicted octanol–water partition coefficient (Wildman–Crippen LogP) is 3.19. The number of hydrogen-bond acceptors (Lipinski definition) is 3. The molecule has 0 spiro atoms. The van der Waals surface area contributed by atoms with E-state index < -0.39 is 5.97 Å². The summed E-state index contributed by atoms with van der Waals surface area (Å²) >= 11 is 3.43. The van der Waals surface area contributed by atoms with E-state index in [9.17, 15) is 4.79 Å². The fraction of sp³-hybridized carbons (Fsp3) is 0.533. The van der Waals surface area contributed by atoms with Crippen LogP contribution in [0.25, 0.3) is 0 Å². The number of halogens is 1. The van der Waals surface area contributed by atoms with Crippen molar-refractivity contribution in [1.29, 1.82) is 0 Å². The summed E-state index contributed by atoms with van der Waals surface area (Å²) in [6, 6.07) is 5.57. The highest BCUT2D eigenvalue weighted by atomic mass is 79.9. The van der Waals surface area contributed by atoms with Gasteiger partial charge in [-0.15, -0.1) is 0 Å². The average Bonchev–Trinajstić information content (AvgIpc) is 2.36. The zero-order chi connectivity index (χ0) is 14.8. The molecule has 1 heterocycles. The molecule has 1 aliphatic rings. The Morgan fingerprint density at radius 3 is 2.90 bits per heavy atom. The second kappa shape index (κ2) is 6.24. The van der Waals surface area contributed by atoms with Crippen LogP contribution < -0.4 is 5.32 Å². The van der Waals surface area contributed by atoms with Crippen LogP contribution in [0.5, 0.6) is 0 Å². The molecular formula is C15H20BrNO3. The molecule has 0 aromatic heterocycles. The van der Waals surface area contributed by atoms with Gasteiger partial charge in [-0.1, -0.05) is 22.0 Å². The SMILES string of the molecule is CC1(C)CC(NCc2ccc(C(=O)O)cc2Br)CCO1. The fourth-order valence-electron chi connectivity index (χ4n) is 2.48. The van der Waals surface area contributed by atoms with Crippen LogP contribution >= 0.6 is 15.9 Å². The van der Waals surface area contributed by atoms with Crippen molar-refractivity contribution < 1.29 is 14.6 Å². The summed E-state index contributed by atoms with van der Waals surface area (Å²) in [6.07, 6.45) is 1.99. The third-order valence-corrected chi connectivity index (χ3v) is 4.32. The second-order valence-electron chi connectivity index (χ2n) is 5.79. The Labute approximate surface area is 127 Å². The van der Waals surface area contributed by atoms with E-state index in [1.165, 1.54) is 0 Å². The number of hydrogen-bond donors (Lipinski definition) is 2. The van der Waals surface area contributed by atoms with Crippen molar-refractivity contribution in [2.45, 2.75) is 44.9 Å². The van der Waals surface area contributed by atoms with E-state index in [0.717, 1.165) is 36.0 Å². The van der Waals surface area contributed by atoms with Gasteiger partial charge in [-0.3, -0.25) is 0 Å². The largest absolute Gasteiger partial charge is 0.478 e. The first-order valence-corrected chi connectivity index (χ1v) is 7.56. The van der Waals surface area contributed by atoms with Gasteiger partial charge in [0.15, 0.2) is 0 Å².